The highest BCUT2D eigenvalue weighted by Crippen LogP contribution is 2.23. The molecule has 0 fully saturated rings. The van der Waals surface area contributed by atoms with Gasteiger partial charge in [0.25, 0.3) is 0 Å². The average molecular weight is 362 g/mol. The first-order valence-electron chi connectivity index (χ1n) is 5.80. The van der Waals surface area contributed by atoms with Gasteiger partial charge in [0.15, 0.2) is 0 Å². The predicted molar refractivity (Wildman–Crippen MR) is 88.2 cm³/mol. The minimum atomic E-state index is -3.77. The van der Waals surface area contributed by atoms with E-state index in [-0.39, 0.29) is 21.5 Å². The second-order valence-corrected chi connectivity index (χ2v) is 8.10. The maximum Gasteiger partial charge on any atom is 0.242 e. The Morgan fingerprint density at radius 3 is 2.81 bits per heavy atom. The molecule has 0 bridgehead atoms. The highest BCUT2D eigenvalue weighted by atomic mass is 35.5. The smallest absolute Gasteiger partial charge is 0.242 e. The van der Waals surface area contributed by atoms with Crippen LogP contribution in [0.2, 0.25) is 5.02 Å². The molecule has 0 aliphatic carbocycles. The van der Waals surface area contributed by atoms with Crippen molar-refractivity contribution in [2.24, 2.45) is 5.73 Å². The van der Waals surface area contributed by atoms with Gasteiger partial charge < -0.3 is 5.73 Å². The SMILES string of the molecule is Cc1cnc(CNS(=O)(=O)c2cc(C(N)=S)ccc2Cl)s1. The molecule has 0 atom stereocenters. The van der Waals surface area contributed by atoms with Crippen LogP contribution in [0.25, 0.3) is 0 Å². The van der Waals surface area contributed by atoms with Crippen molar-refractivity contribution in [2.45, 2.75) is 18.4 Å². The van der Waals surface area contributed by atoms with E-state index in [2.05, 4.69) is 9.71 Å². The van der Waals surface area contributed by atoms with Crippen molar-refractivity contribution in [3.8, 4) is 0 Å². The minimum Gasteiger partial charge on any atom is -0.389 e. The van der Waals surface area contributed by atoms with E-state index in [4.69, 9.17) is 29.6 Å². The van der Waals surface area contributed by atoms with Gasteiger partial charge in [0.1, 0.15) is 14.9 Å². The Balaban J connectivity index is 2.26. The van der Waals surface area contributed by atoms with Crippen molar-refractivity contribution in [3.63, 3.8) is 0 Å². The van der Waals surface area contributed by atoms with E-state index in [1.165, 1.54) is 23.5 Å². The van der Waals surface area contributed by atoms with E-state index < -0.39 is 10.0 Å². The first kappa shape index (κ1) is 16.3. The van der Waals surface area contributed by atoms with Gasteiger partial charge in [-0.05, 0) is 19.1 Å². The lowest BCUT2D eigenvalue weighted by atomic mass is 10.2. The number of halogens is 1. The van der Waals surface area contributed by atoms with Crippen LogP contribution >= 0.6 is 35.2 Å². The first-order valence-corrected chi connectivity index (χ1v) is 8.88. The molecule has 0 spiro atoms. The minimum absolute atomic E-state index is 0.0530. The van der Waals surface area contributed by atoms with Gasteiger partial charge in [0.2, 0.25) is 10.0 Å². The zero-order chi connectivity index (χ0) is 15.6. The maximum atomic E-state index is 12.3. The molecule has 0 aliphatic rings. The number of nitrogens with zero attached hydrogens (tertiary/aromatic N) is 1. The van der Waals surface area contributed by atoms with E-state index in [0.29, 0.717) is 10.6 Å². The van der Waals surface area contributed by atoms with Crippen LogP contribution in [0.1, 0.15) is 15.4 Å². The summed E-state index contributed by atoms with van der Waals surface area (Å²) < 4.78 is 27.1. The number of rotatable bonds is 5. The lowest BCUT2D eigenvalue weighted by Gasteiger charge is -2.09. The molecular formula is C12H12ClN3O2S3. The van der Waals surface area contributed by atoms with E-state index in [1.807, 2.05) is 6.92 Å². The van der Waals surface area contributed by atoms with Crippen LogP contribution in [-0.4, -0.2) is 18.4 Å². The molecule has 112 valence electrons. The quantitative estimate of drug-likeness (QED) is 0.797. The number of benzene rings is 1. The molecule has 2 rings (SSSR count). The summed E-state index contributed by atoms with van der Waals surface area (Å²) in [5.41, 5.74) is 5.95. The lowest BCUT2D eigenvalue weighted by Crippen LogP contribution is -2.24. The Morgan fingerprint density at radius 2 is 2.24 bits per heavy atom. The van der Waals surface area contributed by atoms with Crippen LogP contribution in [0.15, 0.2) is 29.3 Å². The Kier molecular flexibility index (Phi) is 4.95. The molecule has 9 heteroatoms. The number of hydrogen-bond acceptors (Lipinski definition) is 5. The highest BCUT2D eigenvalue weighted by Gasteiger charge is 2.19. The standard InChI is InChI=1S/C12H12ClN3O2S3/c1-7-5-15-11(20-7)6-16-21(17,18)10-4-8(12(14)19)2-3-9(10)13/h2-5,16H,6H2,1H3,(H2,14,19). The fourth-order valence-electron chi connectivity index (χ4n) is 1.58. The largest absolute Gasteiger partial charge is 0.389 e. The molecule has 5 nitrogen and oxygen atoms in total. The Labute approximate surface area is 137 Å². The Hall–Kier alpha value is -1.06. The number of nitrogens with one attached hydrogen (secondary N) is 1. The molecule has 0 unspecified atom stereocenters. The van der Waals surface area contributed by atoms with Crippen LogP contribution in [0.5, 0.6) is 0 Å². The van der Waals surface area contributed by atoms with Crippen molar-refractivity contribution in [2.75, 3.05) is 0 Å². The number of thiazole rings is 1. The molecule has 0 saturated carbocycles. The van der Waals surface area contributed by atoms with Crippen LogP contribution in [0.4, 0.5) is 0 Å². The summed E-state index contributed by atoms with van der Waals surface area (Å²) in [4.78, 5) is 5.17. The summed E-state index contributed by atoms with van der Waals surface area (Å²) in [7, 11) is -3.77. The first-order chi connectivity index (χ1) is 9.79. The third kappa shape index (κ3) is 3.98. The second-order valence-electron chi connectivity index (χ2n) is 4.20. The molecule has 0 aliphatic heterocycles. The molecular weight excluding hydrogens is 350 g/mol. The second kappa shape index (κ2) is 6.37. The van der Waals surface area contributed by atoms with Gasteiger partial charge in [-0.3, -0.25) is 0 Å². The van der Waals surface area contributed by atoms with Gasteiger partial charge >= 0.3 is 0 Å². The molecule has 1 aromatic heterocycles. The summed E-state index contributed by atoms with van der Waals surface area (Å²) in [6.07, 6.45) is 1.69. The molecule has 0 amide bonds. The topological polar surface area (TPSA) is 85.1 Å². The monoisotopic (exact) mass is 361 g/mol. The molecule has 21 heavy (non-hydrogen) atoms. The summed E-state index contributed by atoms with van der Waals surface area (Å²) >= 11 is 12.2. The fourth-order valence-corrected chi connectivity index (χ4v) is 4.04. The van der Waals surface area contributed by atoms with E-state index in [0.717, 1.165) is 4.88 Å². The Morgan fingerprint density at radius 1 is 1.52 bits per heavy atom. The van der Waals surface area contributed by atoms with Crippen LogP contribution in [-0.2, 0) is 16.6 Å². The number of aryl methyl sites for hydroxylation is 1. The van der Waals surface area contributed by atoms with E-state index in [9.17, 15) is 8.42 Å². The van der Waals surface area contributed by atoms with Gasteiger partial charge in [-0.2, -0.15) is 0 Å². The number of thiocarbonyl (C=S) groups is 1. The Bertz CT molecular complexity index is 787. The zero-order valence-corrected chi connectivity index (χ0v) is 14.2. The van der Waals surface area contributed by atoms with Crippen LogP contribution in [0, 0.1) is 6.92 Å². The fraction of sp³-hybridized carbons (Fsp3) is 0.167. The number of aromatic nitrogens is 1. The summed E-state index contributed by atoms with van der Waals surface area (Å²) in [6.45, 7) is 2.01. The molecule has 0 radical (unpaired) electrons. The van der Waals surface area contributed by atoms with Gasteiger partial charge in [0.05, 0.1) is 11.6 Å². The average Bonchev–Trinajstić information content (AvgIpc) is 2.82. The molecule has 1 heterocycles. The van der Waals surface area contributed by atoms with Crippen molar-refractivity contribution >= 4 is 50.2 Å². The molecule has 2 aromatic rings. The van der Waals surface area contributed by atoms with Gasteiger partial charge in [-0.1, -0.05) is 29.9 Å². The van der Waals surface area contributed by atoms with Crippen molar-refractivity contribution < 1.29 is 8.42 Å². The maximum absolute atomic E-state index is 12.3. The summed E-state index contributed by atoms with van der Waals surface area (Å²) in [6, 6.07) is 4.39. The van der Waals surface area contributed by atoms with E-state index >= 15 is 0 Å². The van der Waals surface area contributed by atoms with Crippen molar-refractivity contribution in [1.82, 2.24) is 9.71 Å². The lowest BCUT2D eigenvalue weighted by molar-refractivity contribution is 0.581. The predicted octanol–water partition coefficient (Wildman–Crippen LogP) is 2.22. The summed E-state index contributed by atoms with van der Waals surface area (Å²) in [5.74, 6) is 0. The molecule has 1 aromatic carbocycles. The molecule has 0 saturated heterocycles. The normalized spacial score (nSPS) is 11.5. The third-order valence-electron chi connectivity index (χ3n) is 2.59. The number of sulfonamides is 1. The van der Waals surface area contributed by atoms with Crippen LogP contribution < -0.4 is 10.5 Å². The van der Waals surface area contributed by atoms with Gasteiger partial charge in [-0.25, -0.2) is 18.1 Å². The third-order valence-corrected chi connectivity index (χ3v) is 5.62. The molecule has 3 N–H and O–H groups in total. The number of nitrogens with two attached hydrogens (primary N) is 1. The zero-order valence-electron chi connectivity index (χ0n) is 11.0. The number of hydrogen-bond donors (Lipinski definition) is 2. The van der Waals surface area contributed by atoms with Gasteiger partial charge in [0, 0.05) is 16.6 Å². The van der Waals surface area contributed by atoms with Crippen molar-refractivity contribution in [1.29, 1.82) is 0 Å². The van der Waals surface area contributed by atoms with Crippen LogP contribution in [0.3, 0.4) is 0 Å². The van der Waals surface area contributed by atoms with E-state index in [1.54, 1.807) is 12.3 Å². The van der Waals surface area contributed by atoms with Gasteiger partial charge in [-0.15, -0.1) is 11.3 Å². The summed E-state index contributed by atoms with van der Waals surface area (Å²) in [5, 5.41) is 0.788. The van der Waals surface area contributed by atoms with Crippen molar-refractivity contribution in [3.05, 3.63) is 44.9 Å². The highest BCUT2D eigenvalue weighted by molar-refractivity contribution is 7.89.